The van der Waals surface area contributed by atoms with Crippen molar-refractivity contribution in [1.29, 1.82) is 5.26 Å². The van der Waals surface area contributed by atoms with Gasteiger partial charge in [-0.25, -0.2) is 14.8 Å². The van der Waals surface area contributed by atoms with Crippen molar-refractivity contribution in [2.75, 3.05) is 23.8 Å². The molecule has 0 saturated carbocycles. The zero-order chi connectivity index (χ0) is 28.3. The molecule has 4 aromatic rings. The third-order valence-electron chi connectivity index (χ3n) is 5.25. The Morgan fingerprint density at radius 1 is 1.26 bits per heavy atom. The Morgan fingerprint density at radius 2 is 2.03 bits per heavy atom. The maximum atomic E-state index is 13.3. The van der Waals surface area contributed by atoms with E-state index in [2.05, 4.69) is 25.6 Å². The molecule has 1 amide bonds. The molecule has 0 bridgehead atoms. The van der Waals surface area contributed by atoms with Crippen LogP contribution in [0.1, 0.15) is 11.1 Å². The second-order valence-corrected chi connectivity index (χ2v) is 7.92. The molecule has 0 atom stereocenters. The summed E-state index contributed by atoms with van der Waals surface area (Å²) in [5, 5.41) is 23.6. The van der Waals surface area contributed by atoms with Crippen LogP contribution >= 0.6 is 0 Å². The monoisotopic (exact) mass is 544 g/mol. The Hall–Kier alpha value is -5.17. The molecule has 4 heterocycles. The largest absolute Gasteiger partial charge is 0.454 e. The van der Waals surface area contributed by atoms with Crippen molar-refractivity contribution >= 4 is 34.7 Å². The van der Waals surface area contributed by atoms with Crippen LogP contribution in [0.25, 0.3) is 11.2 Å². The summed E-state index contributed by atoms with van der Waals surface area (Å²) in [6.45, 7) is -0.554. The number of halogens is 3. The lowest BCUT2D eigenvalue weighted by Crippen LogP contribution is -2.23. The summed E-state index contributed by atoms with van der Waals surface area (Å²) in [4.78, 5) is 36.5. The molecule has 0 radical (unpaired) electrons. The first-order valence-corrected chi connectivity index (χ1v) is 11.0. The van der Waals surface area contributed by atoms with E-state index in [1.807, 2.05) is 6.07 Å². The van der Waals surface area contributed by atoms with Gasteiger partial charge < -0.3 is 29.0 Å². The van der Waals surface area contributed by atoms with Gasteiger partial charge in [-0.15, -0.1) is 0 Å². The molecule has 4 rings (SSSR count). The molecule has 13 nitrogen and oxygen atoms in total. The van der Waals surface area contributed by atoms with Gasteiger partial charge in [0.25, 0.3) is 5.56 Å². The average molecular weight is 544 g/mol. The predicted octanol–water partition coefficient (Wildman–Crippen LogP) is 3.03. The fourth-order valence-electron chi connectivity index (χ4n) is 3.48. The Morgan fingerprint density at radius 3 is 2.72 bits per heavy atom. The van der Waals surface area contributed by atoms with Gasteiger partial charge in [0.2, 0.25) is 5.95 Å². The van der Waals surface area contributed by atoms with Crippen molar-refractivity contribution < 1.29 is 32.5 Å². The van der Waals surface area contributed by atoms with Gasteiger partial charge in [0, 0.05) is 32.6 Å². The highest BCUT2D eigenvalue weighted by Gasteiger charge is 2.32. The molecule has 0 aliphatic rings. The zero-order valence-electron chi connectivity index (χ0n) is 20.3. The lowest BCUT2D eigenvalue weighted by molar-refractivity contribution is -0.138. The highest BCUT2D eigenvalue weighted by Crippen LogP contribution is 2.33. The molecule has 0 aliphatic heterocycles. The van der Waals surface area contributed by atoms with Crippen molar-refractivity contribution in [3.8, 4) is 17.6 Å². The summed E-state index contributed by atoms with van der Waals surface area (Å²) in [6.07, 6.45) is -2.29. The number of nitrogens with one attached hydrogen (secondary N) is 2. The molecule has 0 aliphatic carbocycles. The molecule has 0 fully saturated rings. The number of aryl methyl sites for hydroxylation is 2. The van der Waals surface area contributed by atoms with Crippen molar-refractivity contribution in [3.05, 3.63) is 58.3 Å². The molecule has 202 valence electrons. The van der Waals surface area contributed by atoms with Crippen molar-refractivity contribution in [2.24, 2.45) is 14.1 Å². The van der Waals surface area contributed by atoms with E-state index in [0.717, 1.165) is 4.57 Å². The molecule has 39 heavy (non-hydrogen) atoms. The van der Waals surface area contributed by atoms with Crippen molar-refractivity contribution in [1.82, 2.24) is 24.1 Å². The van der Waals surface area contributed by atoms with Crippen LogP contribution in [0.3, 0.4) is 0 Å². The number of aromatic nitrogens is 5. The number of hydrogen-bond acceptors (Lipinski definition) is 10. The number of aliphatic hydroxyl groups is 1. The molecular weight excluding hydrogens is 525 g/mol. The summed E-state index contributed by atoms with van der Waals surface area (Å²) in [7, 11) is 2.67. The fourth-order valence-corrected chi connectivity index (χ4v) is 3.48. The number of carbonyl (C=O) groups is 1. The van der Waals surface area contributed by atoms with Gasteiger partial charge in [-0.3, -0.25) is 10.1 Å². The molecular formula is C23H19F3N8O5. The Kier molecular flexibility index (Phi) is 7.36. The van der Waals surface area contributed by atoms with Gasteiger partial charge in [-0.1, -0.05) is 0 Å². The lowest BCUT2D eigenvalue weighted by Gasteiger charge is -2.12. The van der Waals surface area contributed by atoms with E-state index < -0.39 is 23.4 Å². The summed E-state index contributed by atoms with van der Waals surface area (Å²) in [6, 6.07) is 5.48. The first-order chi connectivity index (χ1) is 18.5. The number of amides is 1. The number of anilines is 3. The second kappa shape index (κ2) is 10.7. The number of fused-ring (bicyclic) bond motifs is 1. The van der Waals surface area contributed by atoms with Crippen LogP contribution in [0.15, 0.2) is 41.6 Å². The number of imidazole rings is 1. The number of hydrogen-bond donors (Lipinski definition) is 3. The van der Waals surface area contributed by atoms with E-state index in [1.54, 1.807) is 0 Å². The number of ether oxygens (including phenoxy) is 2. The number of rotatable bonds is 7. The third-order valence-corrected chi connectivity index (χ3v) is 5.25. The molecule has 3 N–H and O–H groups in total. The normalized spacial score (nSPS) is 11.2. The quantitative estimate of drug-likeness (QED) is 0.314. The first kappa shape index (κ1) is 26.9. The van der Waals surface area contributed by atoms with E-state index in [-0.39, 0.29) is 58.9 Å². The van der Waals surface area contributed by atoms with Gasteiger partial charge in [-0.05, 0) is 12.1 Å². The maximum Gasteiger partial charge on any atom is 0.417 e. The topological polar surface area (TPSA) is 169 Å². The number of nitriles is 1. The van der Waals surface area contributed by atoms with Crippen LogP contribution in [0, 0.1) is 11.3 Å². The number of nitrogens with zero attached hydrogens (tertiary/aromatic N) is 6. The minimum Gasteiger partial charge on any atom is -0.454 e. The SMILES string of the molecule is Cn1cc(C(F)(F)F)cc(Nc2nc3ncc(Oc4ccnc(NC(=O)OCCO)c4)c(C#N)c3n2C)c1=O. The predicted molar refractivity (Wildman–Crippen MR) is 130 cm³/mol. The zero-order valence-corrected chi connectivity index (χ0v) is 20.3. The van der Waals surface area contributed by atoms with Gasteiger partial charge in [0.15, 0.2) is 11.4 Å². The molecule has 4 aromatic heterocycles. The Bertz CT molecular complexity index is 1660. The average Bonchev–Trinajstić information content (AvgIpc) is 3.20. The molecule has 0 spiro atoms. The third kappa shape index (κ3) is 5.72. The van der Waals surface area contributed by atoms with Crippen molar-refractivity contribution in [2.45, 2.75) is 6.18 Å². The standard InChI is InChI=1S/C23H19F3N8O5/c1-33-11-12(23(24,25)26)7-15(20(33)36)30-21-32-19-18(34(21)2)14(9-27)16(10-29-19)39-13-3-4-28-17(8-13)31-22(37)38-6-5-35/h3-4,7-8,10-11,35H,5-6H2,1-2H3,(H,28,31,37)(H,29,30,32). The maximum absolute atomic E-state index is 13.3. The van der Waals surface area contributed by atoms with E-state index in [4.69, 9.17) is 14.6 Å². The lowest BCUT2D eigenvalue weighted by atomic mass is 10.2. The Labute approximate surface area is 217 Å². The number of pyridine rings is 3. The summed E-state index contributed by atoms with van der Waals surface area (Å²) >= 11 is 0. The molecule has 0 aromatic carbocycles. The fraction of sp³-hybridized carbons (Fsp3) is 0.217. The highest BCUT2D eigenvalue weighted by atomic mass is 19.4. The van der Waals surface area contributed by atoms with E-state index in [1.165, 1.54) is 43.2 Å². The van der Waals surface area contributed by atoms with Gasteiger partial charge in [-0.2, -0.15) is 23.4 Å². The molecule has 0 saturated heterocycles. The van der Waals surface area contributed by atoms with Crippen LogP contribution in [0.4, 0.5) is 35.4 Å². The number of aliphatic hydroxyl groups excluding tert-OH is 1. The number of alkyl halides is 3. The van der Waals surface area contributed by atoms with E-state index in [9.17, 15) is 28.0 Å². The summed E-state index contributed by atoms with van der Waals surface area (Å²) in [5.74, 6) is 0.208. The summed E-state index contributed by atoms with van der Waals surface area (Å²) in [5.41, 5.74) is -1.90. The van der Waals surface area contributed by atoms with Gasteiger partial charge in [0.1, 0.15) is 41.0 Å². The van der Waals surface area contributed by atoms with Gasteiger partial charge >= 0.3 is 12.3 Å². The van der Waals surface area contributed by atoms with E-state index >= 15 is 0 Å². The second-order valence-electron chi connectivity index (χ2n) is 7.92. The first-order valence-electron chi connectivity index (χ1n) is 11.0. The van der Waals surface area contributed by atoms with Crippen molar-refractivity contribution in [3.63, 3.8) is 0 Å². The smallest absolute Gasteiger partial charge is 0.417 e. The van der Waals surface area contributed by atoms with Gasteiger partial charge in [0.05, 0.1) is 18.4 Å². The Balaban J connectivity index is 1.67. The molecule has 0 unspecified atom stereocenters. The van der Waals surface area contributed by atoms with Crippen LogP contribution in [0.2, 0.25) is 0 Å². The summed E-state index contributed by atoms with van der Waals surface area (Å²) < 4.78 is 52.4. The van der Waals surface area contributed by atoms with Crippen LogP contribution in [-0.4, -0.2) is 48.5 Å². The minimum absolute atomic E-state index is 0.00586. The van der Waals surface area contributed by atoms with Crippen LogP contribution < -0.4 is 20.9 Å². The van der Waals surface area contributed by atoms with Crippen LogP contribution in [0.5, 0.6) is 11.5 Å². The molecule has 16 heteroatoms. The van der Waals surface area contributed by atoms with E-state index in [0.29, 0.717) is 12.3 Å². The number of carbonyl (C=O) groups excluding carboxylic acids is 1. The highest BCUT2D eigenvalue weighted by molar-refractivity contribution is 5.85. The van der Waals surface area contributed by atoms with Crippen LogP contribution in [-0.2, 0) is 25.0 Å². The minimum atomic E-state index is -4.68.